The van der Waals surface area contributed by atoms with E-state index >= 15 is 0 Å². The molecule has 86 valence electrons. The van der Waals surface area contributed by atoms with Crippen molar-refractivity contribution in [1.29, 1.82) is 0 Å². The van der Waals surface area contributed by atoms with Gasteiger partial charge >= 0.3 is 29.6 Å². The molecule has 1 aliphatic rings. The van der Waals surface area contributed by atoms with Crippen LogP contribution >= 0.6 is 0 Å². The van der Waals surface area contributed by atoms with Gasteiger partial charge in [-0.15, -0.1) is 0 Å². The van der Waals surface area contributed by atoms with Gasteiger partial charge in [0.1, 0.15) is 6.10 Å². The number of aromatic carboxylic acids is 1. The molecular weight excluding hydrogens is 231 g/mol. The van der Waals surface area contributed by atoms with Crippen LogP contribution in [0, 0.1) is 0 Å². The molecule has 1 aliphatic heterocycles. The van der Waals surface area contributed by atoms with Crippen LogP contribution in [0.2, 0.25) is 0 Å². The Morgan fingerprint density at radius 3 is 3.00 bits per heavy atom. The molecule has 0 N–H and O–H groups in total. The number of hydrogen-bond donors (Lipinski definition) is 0. The summed E-state index contributed by atoms with van der Waals surface area (Å²) in [6.45, 7) is 1.75. The number of hydrogen-bond acceptors (Lipinski definition) is 5. The number of rotatable bonds is 3. The number of ether oxygens (including phenoxy) is 1. The van der Waals surface area contributed by atoms with Crippen molar-refractivity contribution in [3.8, 4) is 5.88 Å². The molecule has 0 aliphatic carbocycles. The molecule has 1 aromatic heterocycles. The summed E-state index contributed by atoms with van der Waals surface area (Å²) in [5.74, 6) is -1.10. The van der Waals surface area contributed by atoms with E-state index in [0.717, 1.165) is 19.5 Å². The first-order chi connectivity index (χ1) is 7.66. The molecule has 0 radical (unpaired) electrons. The molecule has 1 atom stereocenters. The van der Waals surface area contributed by atoms with Crippen molar-refractivity contribution in [2.24, 2.45) is 0 Å². The number of carboxylic acids is 1. The Kier molecular flexibility index (Phi) is 5.39. The molecule has 0 amide bonds. The van der Waals surface area contributed by atoms with E-state index in [-0.39, 0.29) is 47.1 Å². The van der Waals surface area contributed by atoms with E-state index in [1.54, 1.807) is 6.07 Å². The molecule has 1 unspecified atom stereocenters. The van der Waals surface area contributed by atoms with E-state index in [2.05, 4.69) is 9.88 Å². The molecule has 0 saturated carbocycles. The fourth-order valence-electron chi connectivity index (χ4n) is 1.79. The van der Waals surface area contributed by atoms with Crippen LogP contribution in [0.15, 0.2) is 18.3 Å². The summed E-state index contributed by atoms with van der Waals surface area (Å²) in [7, 11) is 2.00. The fraction of sp³-hybridized carbons (Fsp3) is 0.455. The second-order valence-corrected chi connectivity index (χ2v) is 3.93. The molecule has 2 rings (SSSR count). The van der Waals surface area contributed by atoms with Crippen molar-refractivity contribution in [2.75, 3.05) is 20.1 Å². The Morgan fingerprint density at radius 2 is 2.41 bits per heavy atom. The number of likely N-dealkylation sites (tertiary alicyclic amines) is 1. The van der Waals surface area contributed by atoms with Crippen LogP contribution in [0.1, 0.15) is 16.8 Å². The van der Waals surface area contributed by atoms with E-state index in [4.69, 9.17) is 4.74 Å². The maximum atomic E-state index is 10.8. The largest absolute Gasteiger partial charge is 1.00 e. The summed E-state index contributed by atoms with van der Waals surface area (Å²) in [6, 6.07) is 3.00. The molecule has 6 heteroatoms. The number of aromatic nitrogens is 1. The molecule has 0 spiro atoms. The monoisotopic (exact) mass is 244 g/mol. The zero-order valence-electron chi connectivity index (χ0n) is 10.0. The summed E-state index contributed by atoms with van der Waals surface area (Å²) in [5.41, 5.74) is 0.0112. The van der Waals surface area contributed by atoms with Crippen molar-refractivity contribution in [3.05, 3.63) is 23.9 Å². The smallest absolute Gasteiger partial charge is 0.545 e. The molecule has 1 aromatic rings. The molecular formula is C11H13N2NaO3. The maximum Gasteiger partial charge on any atom is 1.00 e. The zero-order valence-corrected chi connectivity index (χ0v) is 12.0. The number of pyridine rings is 1. The molecule has 5 nitrogen and oxygen atoms in total. The average Bonchev–Trinajstić information content (AvgIpc) is 2.64. The zero-order chi connectivity index (χ0) is 11.5. The molecule has 1 saturated heterocycles. The summed E-state index contributed by atoms with van der Waals surface area (Å²) < 4.78 is 5.56. The Hall–Kier alpha value is -0.620. The first-order valence-corrected chi connectivity index (χ1v) is 5.18. The van der Waals surface area contributed by atoms with Crippen LogP contribution in [0.5, 0.6) is 5.88 Å². The van der Waals surface area contributed by atoms with E-state index < -0.39 is 5.97 Å². The minimum Gasteiger partial charge on any atom is -0.545 e. The van der Waals surface area contributed by atoms with Gasteiger partial charge in [-0.2, -0.15) is 0 Å². The molecule has 1 fully saturated rings. The summed E-state index contributed by atoms with van der Waals surface area (Å²) in [5, 5.41) is 10.8. The second kappa shape index (κ2) is 6.35. The molecule has 17 heavy (non-hydrogen) atoms. The number of carbonyl (C=O) groups is 1. The van der Waals surface area contributed by atoms with Gasteiger partial charge in [0.05, 0.1) is 11.5 Å². The van der Waals surface area contributed by atoms with Crippen LogP contribution in [-0.4, -0.2) is 42.1 Å². The van der Waals surface area contributed by atoms with Crippen LogP contribution in [0.3, 0.4) is 0 Å². The van der Waals surface area contributed by atoms with Crippen LogP contribution < -0.4 is 39.4 Å². The van der Waals surface area contributed by atoms with E-state index in [0.29, 0.717) is 0 Å². The van der Waals surface area contributed by atoms with Crippen LogP contribution in [0.25, 0.3) is 0 Å². The normalized spacial score (nSPS) is 19.7. The van der Waals surface area contributed by atoms with Gasteiger partial charge in [0.2, 0.25) is 5.88 Å². The fourth-order valence-corrected chi connectivity index (χ4v) is 1.79. The predicted molar refractivity (Wildman–Crippen MR) is 55.1 cm³/mol. The van der Waals surface area contributed by atoms with Gasteiger partial charge in [0, 0.05) is 19.3 Å². The van der Waals surface area contributed by atoms with Gasteiger partial charge in [0.15, 0.2) is 0 Å². The first-order valence-electron chi connectivity index (χ1n) is 5.18. The number of likely N-dealkylation sites (N-methyl/N-ethyl adjacent to an activating group) is 1. The predicted octanol–water partition coefficient (Wildman–Crippen LogP) is -3.47. The molecule has 0 bridgehead atoms. The minimum atomic E-state index is -1.26. The van der Waals surface area contributed by atoms with Gasteiger partial charge in [-0.05, 0) is 25.6 Å². The van der Waals surface area contributed by atoms with Crippen molar-refractivity contribution < 1.29 is 44.2 Å². The van der Waals surface area contributed by atoms with Gasteiger partial charge in [-0.1, -0.05) is 0 Å². The minimum absolute atomic E-state index is 0. The third kappa shape index (κ3) is 3.67. The SMILES string of the molecule is CN1CCC(Oc2ncccc2C(=O)[O-])C1.[Na+]. The number of carbonyl (C=O) groups excluding carboxylic acids is 1. The Bertz CT molecular complexity index is 400. The van der Waals surface area contributed by atoms with Crippen molar-refractivity contribution in [2.45, 2.75) is 12.5 Å². The quantitative estimate of drug-likeness (QED) is 0.517. The first kappa shape index (κ1) is 14.4. The van der Waals surface area contributed by atoms with Gasteiger partial charge in [-0.25, -0.2) is 4.98 Å². The molecule has 0 aromatic carbocycles. The van der Waals surface area contributed by atoms with E-state index in [9.17, 15) is 9.90 Å². The second-order valence-electron chi connectivity index (χ2n) is 3.93. The summed E-state index contributed by atoms with van der Waals surface area (Å²) in [4.78, 5) is 16.9. The number of nitrogens with zero attached hydrogens (tertiary/aromatic N) is 2. The Morgan fingerprint density at radius 1 is 1.65 bits per heavy atom. The third-order valence-corrected chi connectivity index (χ3v) is 2.62. The Labute approximate surface area is 122 Å². The average molecular weight is 244 g/mol. The standard InChI is InChI=1S/C11H14N2O3.Na/c1-13-6-4-8(7-13)16-10-9(11(14)15)3-2-5-12-10;/h2-3,5,8H,4,6-7H2,1H3,(H,14,15);/q;+1/p-1. The van der Waals surface area contributed by atoms with E-state index in [1.807, 2.05) is 7.05 Å². The van der Waals surface area contributed by atoms with Gasteiger partial charge in [-0.3, -0.25) is 0 Å². The molecule has 2 heterocycles. The van der Waals surface area contributed by atoms with Crippen LogP contribution in [-0.2, 0) is 0 Å². The van der Waals surface area contributed by atoms with Crippen molar-refractivity contribution >= 4 is 5.97 Å². The van der Waals surface area contributed by atoms with Crippen molar-refractivity contribution in [1.82, 2.24) is 9.88 Å². The topological polar surface area (TPSA) is 65.5 Å². The van der Waals surface area contributed by atoms with Gasteiger partial charge < -0.3 is 19.5 Å². The van der Waals surface area contributed by atoms with Crippen LogP contribution in [0.4, 0.5) is 0 Å². The number of carboxylic acid groups (broad SMARTS) is 1. The summed E-state index contributed by atoms with van der Waals surface area (Å²) >= 11 is 0. The Balaban J connectivity index is 0.00000144. The maximum absolute atomic E-state index is 10.8. The summed E-state index contributed by atoms with van der Waals surface area (Å²) in [6.07, 6.45) is 2.41. The van der Waals surface area contributed by atoms with Crippen molar-refractivity contribution in [3.63, 3.8) is 0 Å². The van der Waals surface area contributed by atoms with Gasteiger partial charge in [0.25, 0.3) is 0 Å². The van der Waals surface area contributed by atoms with E-state index in [1.165, 1.54) is 12.3 Å². The third-order valence-electron chi connectivity index (χ3n) is 2.62.